The van der Waals surface area contributed by atoms with Crippen molar-refractivity contribution < 1.29 is 26.0 Å². The van der Waals surface area contributed by atoms with Gasteiger partial charge in [-0.3, -0.25) is 0 Å². The molecule has 1 aromatic rings. The molecule has 0 unspecified atom stereocenters. The lowest BCUT2D eigenvalue weighted by molar-refractivity contribution is 0.00381. The molecule has 25 heavy (non-hydrogen) atoms. The average Bonchev–Trinajstić information content (AvgIpc) is 2.56. The topological polar surface area (TPSA) is 105 Å². The maximum Gasteiger partial charge on any atom is 0.500 e. The van der Waals surface area contributed by atoms with Gasteiger partial charge in [0.2, 0.25) is 0 Å². The highest BCUT2D eigenvalue weighted by Crippen LogP contribution is 2.24. The third-order valence-corrected chi connectivity index (χ3v) is 8.19. The molecule has 0 radical (unpaired) electrons. The first-order chi connectivity index (χ1) is 11.8. The van der Waals surface area contributed by atoms with Gasteiger partial charge in [-0.15, -0.1) is 4.79 Å². The lowest BCUT2D eigenvalue weighted by Crippen LogP contribution is -2.28. The molecule has 1 aliphatic rings. The average molecular weight is 386 g/mol. The number of hydrogen-bond donors (Lipinski definition) is 0. The molecule has 136 valence electrons. The van der Waals surface area contributed by atoms with Crippen LogP contribution in [-0.4, -0.2) is 31.8 Å². The zero-order valence-electron chi connectivity index (χ0n) is 13.5. The van der Waals surface area contributed by atoms with E-state index in [4.69, 9.17) is 5.53 Å². The van der Waals surface area contributed by atoms with Crippen molar-refractivity contribution in [3.8, 4) is 0 Å². The maximum absolute atomic E-state index is 13.7. The van der Waals surface area contributed by atoms with Gasteiger partial charge in [0, 0.05) is 0 Å². The molecule has 9 heteroatoms. The van der Waals surface area contributed by atoms with Gasteiger partial charge in [-0.25, -0.2) is 21.2 Å². The van der Waals surface area contributed by atoms with E-state index in [1.807, 2.05) is 0 Å². The Morgan fingerprint density at radius 1 is 1.16 bits per heavy atom. The van der Waals surface area contributed by atoms with E-state index in [1.165, 1.54) is 18.2 Å². The van der Waals surface area contributed by atoms with Gasteiger partial charge in [-0.05, 0) is 30.9 Å². The summed E-state index contributed by atoms with van der Waals surface area (Å²) < 4.78 is 61.6. The van der Waals surface area contributed by atoms with Crippen LogP contribution in [0.5, 0.6) is 0 Å². The SMILES string of the molecule is [N-]=[N+]=C(S(=O)(=O)CC=CC1CCCCC1)S(=O)(=O)c1ccccc1F. The molecule has 1 fully saturated rings. The van der Waals surface area contributed by atoms with Crippen LogP contribution in [-0.2, 0) is 19.7 Å². The standard InChI is InChI=1S/C16H19FN2O4S2/c17-14-10-4-5-11-15(14)25(22,23)16(19-18)24(20,21)12-6-9-13-7-2-1-3-8-13/h4-6,9-11,13H,1-3,7-8,12H2. The Kier molecular flexibility index (Phi) is 6.26. The van der Waals surface area contributed by atoms with Crippen LogP contribution in [0.2, 0.25) is 0 Å². The number of nitrogens with zero attached hydrogens (tertiary/aromatic N) is 2. The van der Waals surface area contributed by atoms with Gasteiger partial charge < -0.3 is 5.53 Å². The van der Waals surface area contributed by atoms with E-state index in [0.717, 1.165) is 44.2 Å². The molecule has 0 spiro atoms. The van der Waals surface area contributed by atoms with Crippen LogP contribution in [0.25, 0.3) is 5.53 Å². The van der Waals surface area contributed by atoms with Crippen molar-refractivity contribution in [2.75, 3.05) is 5.75 Å². The van der Waals surface area contributed by atoms with Gasteiger partial charge in [0.15, 0.2) is 0 Å². The molecule has 1 aromatic carbocycles. The van der Waals surface area contributed by atoms with E-state index >= 15 is 0 Å². The summed E-state index contributed by atoms with van der Waals surface area (Å²) in [6.07, 6.45) is 8.36. The highest BCUT2D eigenvalue weighted by Gasteiger charge is 2.43. The molecule has 0 amide bonds. The predicted octanol–water partition coefficient (Wildman–Crippen LogP) is 2.74. The summed E-state index contributed by atoms with van der Waals surface area (Å²) in [6, 6.07) is 4.33. The van der Waals surface area contributed by atoms with Gasteiger partial charge >= 0.3 is 4.38 Å². The molecule has 0 aromatic heterocycles. The first kappa shape index (κ1) is 19.5. The van der Waals surface area contributed by atoms with E-state index < -0.39 is 40.5 Å². The Morgan fingerprint density at radius 2 is 1.80 bits per heavy atom. The second-order valence-corrected chi connectivity index (χ2v) is 9.95. The van der Waals surface area contributed by atoms with Crippen LogP contribution in [0.15, 0.2) is 41.3 Å². The third-order valence-electron chi connectivity index (χ3n) is 4.08. The molecule has 1 aliphatic carbocycles. The van der Waals surface area contributed by atoms with E-state index in [9.17, 15) is 21.2 Å². The molecule has 6 nitrogen and oxygen atoms in total. The van der Waals surface area contributed by atoms with E-state index in [0.29, 0.717) is 0 Å². The number of rotatable bonds is 4. The van der Waals surface area contributed by atoms with E-state index in [2.05, 4.69) is 4.79 Å². The molecule has 1 saturated carbocycles. The summed E-state index contributed by atoms with van der Waals surface area (Å²) in [5, 5.41) is 0. The Labute approximate surface area is 146 Å². The summed E-state index contributed by atoms with van der Waals surface area (Å²) in [5.74, 6) is -1.48. The van der Waals surface area contributed by atoms with Crippen molar-refractivity contribution in [1.29, 1.82) is 0 Å². The minimum Gasteiger partial charge on any atom is -0.359 e. The van der Waals surface area contributed by atoms with E-state index in [1.54, 1.807) is 6.08 Å². The van der Waals surface area contributed by atoms with Crippen molar-refractivity contribution in [3.63, 3.8) is 0 Å². The van der Waals surface area contributed by atoms with Crippen LogP contribution >= 0.6 is 0 Å². The minimum absolute atomic E-state index is 0.265. The van der Waals surface area contributed by atoms with Gasteiger partial charge in [0.25, 0.3) is 19.7 Å². The van der Waals surface area contributed by atoms with E-state index in [-0.39, 0.29) is 5.92 Å². The van der Waals surface area contributed by atoms with Crippen molar-refractivity contribution in [2.24, 2.45) is 5.92 Å². The molecule has 0 aliphatic heterocycles. The van der Waals surface area contributed by atoms with Crippen LogP contribution in [0, 0.1) is 11.7 Å². The van der Waals surface area contributed by atoms with Crippen LogP contribution < -0.4 is 0 Å². The Bertz CT molecular complexity index is 911. The third kappa shape index (κ3) is 4.62. The largest absolute Gasteiger partial charge is 0.500 e. The molecule has 0 bridgehead atoms. The Morgan fingerprint density at radius 3 is 2.40 bits per heavy atom. The van der Waals surface area contributed by atoms with Crippen molar-refractivity contribution >= 4 is 24.1 Å². The predicted molar refractivity (Wildman–Crippen MR) is 91.7 cm³/mol. The highest BCUT2D eigenvalue weighted by atomic mass is 32.3. The highest BCUT2D eigenvalue weighted by molar-refractivity contribution is 8.31. The summed E-state index contributed by atoms with van der Waals surface area (Å²) in [6.45, 7) is 0. The summed E-state index contributed by atoms with van der Waals surface area (Å²) >= 11 is 0. The number of benzene rings is 1. The van der Waals surface area contributed by atoms with Gasteiger partial charge in [0.1, 0.15) is 10.7 Å². The quantitative estimate of drug-likeness (QED) is 0.261. The summed E-state index contributed by atoms with van der Waals surface area (Å²) in [5.41, 5.74) is 8.98. The summed E-state index contributed by atoms with van der Waals surface area (Å²) in [4.78, 5) is 1.61. The van der Waals surface area contributed by atoms with Crippen LogP contribution in [0.3, 0.4) is 0 Å². The second kappa shape index (κ2) is 8.03. The molecule has 2 rings (SSSR count). The van der Waals surface area contributed by atoms with Gasteiger partial charge in [0.05, 0.1) is 5.75 Å². The summed E-state index contributed by atoms with van der Waals surface area (Å²) in [7, 11) is -9.23. The number of halogens is 1. The fourth-order valence-electron chi connectivity index (χ4n) is 2.81. The molecular formula is C16H19FN2O4S2. The van der Waals surface area contributed by atoms with Crippen molar-refractivity contribution in [2.45, 2.75) is 37.0 Å². The van der Waals surface area contributed by atoms with Crippen LogP contribution in [0.1, 0.15) is 32.1 Å². The van der Waals surface area contributed by atoms with Crippen LogP contribution in [0.4, 0.5) is 4.39 Å². The lowest BCUT2D eigenvalue weighted by atomic mass is 9.89. The second-order valence-electron chi connectivity index (χ2n) is 5.91. The zero-order chi connectivity index (χ0) is 18.5. The lowest BCUT2D eigenvalue weighted by Gasteiger charge is -2.17. The fraction of sp³-hybridized carbons (Fsp3) is 0.438. The molecule has 0 atom stereocenters. The normalized spacial score (nSPS) is 16.7. The molecule has 0 saturated heterocycles. The first-order valence-corrected chi connectivity index (χ1v) is 11.0. The zero-order valence-corrected chi connectivity index (χ0v) is 15.1. The first-order valence-electron chi connectivity index (χ1n) is 7.90. The van der Waals surface area contributed by atoms with Gasteiger partial charge in [-0.2, -0.15) is 0 Å². The van der Waals surface area contributed by atoms with Crippen molar-refractivity contribution in [3.05, 3.63) is 47.8 Å². The number of hydrogen-bond acceptors (Lipinski definition) is 4. The molecular weight excluding hydrogens is 367 g/mol. The smallest absolute Gasteiger partial charge is 0.359 e. The number of allylic oxidation sites excluding steroid dienone is 1. The number of sulfone groups is 2. The molecule has 0 heterocycles. The monoisotopic (exact) mass is 386 g/mol. The van der Waals surface area contributed by atoms with Crippen molar-refractivity contribution in [1.82, 2.24) is 0 Å². The maximum atomic E-state index is 13.7. The minimum atomic E-state index is -4.79. The Hall–Kier alpha value is -1.83. The Balaban J connectivity index is 2.25. The van der Waals surface area contributed by atoms with Gasteiger partial charge in [-0.1, -0.05) is 43.5 Å². The fourth-order valence-corrected chi connectivity index (χ4v) is 6.13. The molecule has 0 N–H and O–H groups in total.